The third-order valence-corrected chi connectivity index (χ3v) is 6.36. The Morgan fingerprint density at radius 1 is 1.05 bits per heavy atom. The summed E-state index contributed by atoms with van der Waals surface area (Å²) in [5, 5.41) is 8.42. The Morgan fingerprint density at radius 3 is 2.49 bits per heavy atom. The predicted molar refractivity (Wildman–Crippen MR) is 146 cm³/mol. The van der Waals surface area contributed by atoms with Crippen LogP contribution >= 0.6 is 0 Å². The molecule has 1 amide bonds. The summed E-state index contributed by atoms with van der Waals surface area (Å²) in [6.07, 6.45) is 1.71. The third-order valence-electron chi connectivity index (χ3n) is 6.36. The molecule has 2 heterocycles. The normalized spacial score (nSPS) is 11.6. The van der Waals surface area contributed by atoms with Crippen LogP contribution in [0.25, 0.3) is 22.3 Å². The molecule has 4 rings (SSSR count). The molecule has 0 aliphatic heterocycles. The summed E-state index contributed by atoms with van der Waals surface area (Å²) >= 11 is 0. The summed E-state index contributed by atoms with van der Waals surface area (Å²) in [4.78, 5) is 22.5. The second kappa shape index (κ2) is 11.6. The van der Waals surface area contributed by atoms with Crippen LogP contribution in [0.1, 0.15) is 41.4 Å². The van der Waals surface area contributed by atoms with Crippen molar-refractivity contribution < 1.29 is 9.18 Å². The van der Waals surface area contributed by atoms with Crippen molar-refractivity contribution >= 4 is 16.9 Å². The van der Waals surface area contributed by atoms with Crippen LogP contribution in [-0.4, -0.2) is 64.7 Å². The van der Waals surface area contributed by atoms with Gasteiger partial charge in [0.15, 0.2) is 5.65 Å². The molecule has 194 valence electrons. The lowest BCUT2D eigenvalue weighted by atomic mass is 10.0. The fourth-order valence-corrected chi connectivity index (χ4v) is 4.43. The average Bonchev–Trinajstić information content (AvgIpc) is 3.31. The molecule has 7 nitrogen and oxygen atoms in total. The Hall–Kier alpha value is -3.62. The minimum atomic E-state index is -0.318. The molecule has 0 unspecified atom stereocenters. The van der Waals surface area contributed by atoms with Gasteiger partial charge in [0.25, 0.3) is 5.91 Å². The molecule has 0 saturated carbocycles. The first-order valence-corrected chi connectivity index (χ1v) is 12.6. The van der Waals surface area contributed by atoms with Gasteiger partial charge in [0.1, 0.15) is 5.82 Å². The van der Waals surface area contributed by atoms with Crippen LogP contribution in [0.5, 0.6) is 0 Å². The van der Waals surface area contributed by atoms with Gasteiger partial charge in [-0.05, 0) is 63.3 Å². The largest absolute Gasteiger partial charge is 0.337 e. The molecule has 0 radical (unpaired) electrons. The molecule has 0 saturated heterocycles. The van der Waals surface area contributed by atoms with Crippen molar-refractivity contribution in [3.63, 3.8) is 0 Å². The molecule has 0 aliphatic carbocycles. The first-order valence-electron chi connectivity index (χ1n) is 12.6. The van der Waals surface area contributed by atoms with Crippen molar-refractivity contribution in [2.75, 3.05) is 34.2 Å². The number of hydrogen-bond donors (Lipinski definition) is 1. The van der Waals surface area contributed by atoms with Crippen molar-refractivity contribution in [2.24, 2.45) is 0 Å². The molecule has 37 heavy (non-hydrogen) atoms. The van der Waals surface area contributed by atoms with E-state index in [2.05, 4.69) is 34.5 Å². The van der Waals surface area contributed by atoms with E-state index in [9.17, 15) is 9.18 Å². The zero-order valence-corrected chi connectivity index (χ0v) is 22.2. The number of carbonyl (C=O) groups excluding carboxylic acids is 1. The number of benzene rings is 2. The maximum atomic E-state index is 13.7. The quantitative estimate of drug-likeness (QED) is 0.339. The summed E-state index contributed by atoms with van der Waals surface area (Å²) in [5.74, 6) is -0.481. The Morgan fingerprint density at radius 2 is 1.78 bits per heavy atom. The van der Waals surface area contributed by atoms with Crippen molar-refractivity contribution in [3.8, 4) is 11.3 Å². The van der Waals surface area contributed by atoms with Gasteiger partial charge in [-0.15, -0.1) is 0 Å². The zero-order chi connectivity index (χ0) is 26.5. The topological polar surface area (TPSA) is 66.3 Å². The lowest BCUT2D eigenvalue weighted by molar-refractivity contribution is 0.0787. The standard InChI is InChI=1S/C29H35FN6O/c1-20(2)36-28-26(17-32-36)25(29(37)35(5)19-22-9-7-11-24(30)15-22)16-27(33-28)23-10-6-8-21(14-23)18-34(4)13-12-31-3/h6-11,14-17,20,31H,12-13,18-19H2,1-5H3. The number of hydrogen-bond acceptors (Lipinski definition) is 5. The number of likely N-dealkylation sites (N-methyl/N-ethyl adjacent to an activating group) is 2. The second-order valence-corrected chi connectivity index (χ2v) is 9.81. The maximum Gasteiger partial charge on any atom is 0.254 e. The van der Waals surface area contributed by atoms with E-state index in [1.54, 1.807) is 24.2 Å². The number of pyridine rings is 1. The van der Waals surface area contributed by atoms with Gasteiger partial charge < -0.3 is 15.1 Å². The molecule has 2 aromatic heterocycles. The number of rotatable bonds is 10. The van der Waals surface area contributed by atoms with Crippen LogP contribution in [-0.2, 0) is 13.1 Å². The number of halogens is 1. The van der Waals surface area contributed by atoms with Crippen molar-refractivity contribution in [3.05, 3.63) is 83.3 Å². The zero-order valence-electron chi connectivity index (χ0n) is 22.2. The smallest absolute Gasteiger partial charge is 0.254 e. The predicted octanol–water partition coefficient (Wildman–Crippen LogP) is 4.74. The highest BCUT2D eigenvalue weighted by Crippen LogP contribution is 2.28. The Balaban J connectivity index is 1.72. The summed E-state index contributed by atoms with van der Waals surface area (Å²) < 4.78 is 15.6. The van der Waals surface area contributed by atoms with Crippen LogP contribution < -0.4 is 5.32 Å². The highest BCUT2D eigenvalue weighted by atomic mass is 19.1. The van der Waals surface area contributed by atoms with Crippen LogP contribution in [0, 0.1) is 5.82 Å². The van der Waals surface area contributed by atoms with E-state index in [-0.39, 0.29) is 17.8 Å². The molecule has 1 N–H and O–H groups in total. The average molecular weight is 503 g/mol. The monoisotopic (exact) mass is 502 g/mol. The van der Waals surface area contributed by atoms with Gasteiger partial charge in [0.2, 0.25) is 0 Å². The number of nitrogens with one attached hydrogen (secondary N) is 1. The van der Waals surface area contributed by atoms with Crippen molar-refractivity contribution in [1.29, 1.82) is 0 Å². The van der Waals surface area contributed by atoms with E-state index in [1.807, 2.05) is 49.8 Å². The maximum absolute atomic E-state index is 13.7. The molecule has 0 fully saturated rings. The van der Waals surface area contributed by atoms with E-state index < -0.39 is 0 Å². The molecular weight excluding hydrogens is 467 g/mol. The number of carbonyl (C=O) groups is 1. The van der Waals surface area contributed by atoms with E-state index in [4.69, 9.17) is 4.98 Å². The minimum absolute atomic E-state index is 0.0837. The van der Waals surface area contributed by atoms with E-state index >= 15 is 0 Å². The molecule has 0 atom stereocenters. The van der Waals surface area contributed by atoms with Crippen LogP contribution in [0.4, 0.5) is 4.39 Å². The summed E-state index contributed by atoms with van der Waals surface area (Å²) in [6, 6.07) is 16.5. The Kier molecular flexibility index (Phi) is 8.31. The number of amides is 1. The van der Waals surface area contributed by atoms with Gasteiger partial charge in [-0.1, -0.05) is 30.3 Å². The second-order valence-electron chi connectivity index (χ2n) is 9.81. The number of fused-ring (bicyclic) bond motifs is 1. The minimum Gasteiger partial charge on any atom is -0.337 e. The highest BCUT2D eigenvalue weighted by Gasteiger charge is 2.21. The molecule has 2 aromatic carbocycles. The van der Waals surface area contributed by atoms with Crippen LogP contribution in [0.3, 0.4) is 0 Å². The SMILES string of the molecule is CNCCN(C)Cc1cccc(-c2cc(C(=O)N(C)Cc3cccc(F)c3)c3cnn(C(C)C)c3n2)c1. The Labute approximate surface area is 217 Å². The number of aromatic nitrogens is 3. The summed E-state index contributed by atoms with van der Waals surface area (Å²) in [5.41, 5.74) is 4.77. The van der Waals surface area contributed by atoms with Crippen molar-refractivity contribution in [1.82, 2.24) is 29.9 Å². The van der Waals surface area contributed by atoms with Crippen molar-refractivity contribution in [2.45, 2.75) is 33.0 Å². The summed E-state index contributed by atoms with van der Waals surface area (Å²) in [7, 11) is 5.78. The fraction of sp³-hybridized carbons (Fsp3) is 0.345. The van der Waals surface area contributed by atoms with Gasteiger partial charge in [-0.25, -0.2) is 14.1 Å². The van der Waals surface area contributed by atoms with E-state index in [1.165, 1.54) is 17.7 Å². The van der Waals surface area contributed by atoms with Gasteiger partial charge in [-0.3, -0.25) is 4.79 Å². The molecule has 0 spiro atoms. The Bertz CT molecular complexity index is 1380. The van der Waals surface area contributed by atoms with E-state index in [0.717, 1.165) is 36.5 Å². The van der Waals surface area contributed by atoms with E-state index in [0.29, 0.717) is 23.1 Å². The number of nitrogens with zero attached hydrogens (tertiary/aromatic N) is 5. The van der Waals surface area contributed by atoms with Crippen LogP contribution in [0.15, 0.2) is 60.8 Å². The lowest BCUT2D eigenvalue weighted by Gasteiger charge is -2.19. The van der Waals surface area contributed by atoms with Crippen LogP contribution in [0.2, 0.25) is 0 Å². The summed E-state index contributed by atoms with van der Waals surface area (Å²) in [6.45, 7) is 7.04. The molecular formula is C29H35FN6O. The van der Waals surface area contributed by atoms with Gasteiger partial charge >= 0.3 is 0 Å². The fourth-order valence-electron chi connectivity index (χ4n) is 4.43. The molecule has 0 aliphatic rings. The molecule has 0 bridgehead atoms. The first-order chi connectivity index (χ1) is 17.8. The van der Waals surface area contributed by atoms with Gasteiger partial charge in [0.05, 0.1) is 22.8 Å². The van der Waals surface area contributed by atoms with Gasteiger partial charge in [0, 0.05) is 44.8 Å². The highest BCUT2D eigenvalue weighted by molar-refractivity contribution is 6.06. The molecule has 4 aromatic rings. The molecule has 8 heteroatoms. The first kappa shape index (κ1) is 26.4. The lowest BCUT2D eigenvalue weighted by Crippen LogP contribution is -2.27. The third kappa shape index (κ3) is 6.21. The van der Waals surface area contributed by atoms with Gasteiger partial charge in [-0.2, -0.15) is 5.10 Å².